The molecule has 0 aliphatic heterocycles. The monoisotopic (exact) mass is 346 g/mol. The molecule has 0 fully saturated rings. The van der Waals surface area contributed by atoms with E-state index < -0.39 is 21.4 Å². The number of sulfone groups is 1. The lowest BCUT2D eigenvalue weighted by atomic mass is 9.93. The Morgan fingerprint density at radius 2 is 1.75 bits per heavy atom. The maximum Gasteiger partial charge on any atom is 0.185 e. The lowest BCUT2D eigenvalue weighted by molar-refractivity contribution is 0.101. The van der Waals surface area contributed by atoms with E-state index in [1.807, 2.05) is 26.8 Å². The molecule has 0 aliphatic rings. The van der Waals surface area contributed by atoms with Gasteiger partial charge in [-0.05, 0) is 48.2 Å². The number of ketones is 1. The molecule has 0 amide bonds. The van der Waals surface area contributed by atoms with Gasteiger partial charge >= 0.3 is 0 Å². The first-order valence-corrected chi connectivity index (χ1v) is 9.41. The Hall–Kier alpha value is -2.14. The van der Waals surface area contributed by atoms with E-state index in [-0.39, 0.29) is 10.8 Å². The molecule has 0 atom stereocenters. The van der Waals surface area contributed by atoms with Gasteiger partial charge < -0.3 is 4.74 Å². The van der Waals surface area contributed by atoms with Crippen molar-refractivity contribution in [2.75, 3.05) is 12.9 Å². The van der Waals surface area contributed by atoms with E-state index in [2.05, 4.69) is 0 Å². The largest absolute Gasteiger partial charge is 0.496 e. The first-order valence-electron chi connectivity index (χ1n) is 7.75. The van der Waals surface area contributed by atoms with Crippen molar-refractivity contribution in [1.29, 1.82) is 0 Å². The molecule has 0 spiro atoms. The van der Waals surface area contributed by atoms with Crippen molar-refractivity contribution in [2.45, 2.75) is 31.6 Å². The molecule has 2 rings (SSSR count). The molecule has 0 aromatic heterocycles. The fraction of sp³-hybridized carbons (Fsp3) is 0.316. The van der Waals surface area contributed by atoms with Gasteiger partial charge in [0.05, 0.1) is 12.0 Å². The summed E-state index contributed by atoms with van der Waals surface area (Å²) in [7, 11) is -2.08. The number of Topliss-reactive ketones (excluding diaryl/α,β-unsaturated/α-hetero) is 1. The molecule has 0 unspecified atom stereocenters. The highest BCUT2D eigenvalue weighted by Gasteiger charge is 2.23. The summed E-state index contributed by atoms with van der Waals surface area (Å²) in [4.78, 5) is 12.9. The number of hydrogen-bond donors (Lipinski definition) is 0. The maximum atomic E-state index is 12.7. The zero-order valence-electron chi connectivity index (χ0n) is 14.4. The minimum absolute atomic E-state index is 0.0814. The normalized spacial score (nSPS) is 11.5. The first-order chi connectivity index (χ1) is 11.3. The van der Waals surface area contributed by atoms with Crippen molar-refractivity contribution in [3.8, 4) is 5.75 Å². The van der Waals surface area contributed by atoms with Crippen molar-refractivity contribution < 1.29 is 17.9 Å². The number of methoxy groups -OCH3 is 1. The summed E-state index contributed by atoms with van der Waals surface area (Å²) in [5.74, 6) is -0.157. The average Bonchev–Trinajstić information content (AvgIpc) is 2.54. The van der Waals surface area contributed by atoms with Crippen LogP contribution in [0.2, 0.25) is 0 Å². The predicted molar refractivity (Wildman–Crippen MR) is 94.6 cm³/mol. The molecule has 5 heteroatoms. The molecule has 4 nitrogen and oxygen atoms in total. The molecule has 24 heavy (non-hydrogen) atoms. The summed E-state index contributed by atoms with van der Waals surface area (Å²) < 4.78 is 30.2. The van der Waals surface area contributed by atoms with Crippen LogP contribution in [0, 0.1) is 6.92 Å². The number of aryl methyl sites for hydroxylation is 1. The van der Waals surface area contributed by atoms with Gasteiger partial charge in [-0.25, -0.2) is 8.42 Å². The predicted octanol–water partition coefficient (Wildman–Crippen LogP) is 3.78. The minimum Gasteiger partial charge on any atom is -0.496 e. The van der Waals surface area contributed by atoms with Gasteiger partial charge in [-0.3, -0.25) is 4.79 Å². The number of ether oxygens (including phenoxy) is 1. The molecule has 0 N–H and O–H groups in total. The molecule has 0 bridgehead atoms. The number of carbonyl (C=O) groups is 1. The Bertz CT molecular complexity index is 837. The Kier molecular flexibility index (Phi) is 5.44. The van der Waals surface area contributed by atoms with E-state index in [0.29, 0.717) is 11.3 Å². The summed E-state index contributed by atoms with van der Waals surface area (Å²) in [6.45, 7) is 5.77. The molecule has 0 radical (unpaired) electrons. The molecule has 0 heterocycles. The summed E-state index contributed by atoms with van der Waals surface area (Å²) in [6, 6.07) is 11.6. The molecule has 0 saturated carbocycles. The van der Waals surface area contributed by atoms with Gasteiger partial charge in [-0.1, -0.05) is 32.0 Å². The van der Waals surface area contributed by atoms with E-state index in [9.17, 15) is 13.2 Å². The van der Waals surface area contributed by atoms with Gasteiger partial charge in [0.15, 0.2) is 15.6 Å². The highest BCUT2D eigenvalue weighted by molar-refractivity contribution is 7.92. The summed E-state index contributed by atoms with van der Waals surface area (Å²) in [6.07, 6.45) is 0. The fourth-order valence-electron chi connectivity index (χ4n) is 2.60. The van der Waals surface area contributed by atoms with Crippen LogP contribution in [0.15, 0.2) is 47.4 Å². The van der Waals surface area contributed by atoms with E-state index in [1.54, 1.807) is 31.4 Å². The SMILES string of the molecule is COc1cc(C(C)C)c(C(=O)CS(=O)(=O)c2ccccc2)cc1C. The number of benzene rings is 2. The van der Waals surface area contributed by atoms with Gasteiger partial charge in [-0.2, -0.15) is 0 Å². The first kappa shape index (κ1) is 18.2. The van der Waals surface area contributed by atoms with Crippen LogP contribution in [0.5, 0.6) is 5.75 Å². The number of rotatable bonds is 6. The van der Waals surface area contributed by atoms with E-state index in [1.165, 1.54) is 12.1 Å². The Labute approximate surface area is 143 Å². The number of carbonyl (C=O) groups excluding carboxylic acids is 1. The summed E-state index contributed by atoms with van der Waals surface area (Å²) >= 11 is 0. The molecule has 2 aromatic carbocycles. The quantitative estimate of drug-likeness (QED) is 0.747. The van der Waals surface area contributed by atoms with Crippen molar-refractivity contribution in [2.24, 2.45) is 0 Å². The van der Waals surface area contributed by atoms with E-state index in [0.717, 1.165) is 11.1 Å². The molecule has 0 aliphatic carbocycles. The highest BCUT2D eigenvalue weighted by atomic mass is 32.2. The Morgan fingerprint density at radius 1 is 1.12 bits per heavy atom. The van der Waals surface area contributed by atoms with Crippen LogP contribution in [0.1, 0.15) is 41.3 Å². The standard InChI is InChI=1S/C19H22O4S/c1-13(2)16-11-19(23-4)14(3)10-17(16)18(20)12-24(21,22)15-8-6-5-7-9-15/h5-11,13H,12H2,1-4H3. The van der Waals surface area contributed by atoms with Gasteiger partial charge in [-0.15, -0.1) is 0 Å². The fourth-order valence-corrected chi connectivity index (χ4v) is 3.84. The average molecular weight is 346 g/mol. The van der Waals surface area contributed by atoms with Gasteiger partial charge in [0, 0.05) is 5.56 Å². The Morgan fingerprint density at radius 3 is 2.29 bits per heavy atom. The second-order valence-electron chi connectivity index (χ2n) is 6.06. The van der Waals surface area contributed by atoms with Gasteiger partial charge in [0.25, 0.3) is 0 Å². The highest BCUT2D eigenvalue weighted by Crippen LogP contribution is 2.29. The van der Waals surface area contributed by atoms with E-state index >= 15 is 0 Å². The van der Waals surface area contributed by atoms with Crippen molar-refractivity contribution in [3.05, 3.63) is 59.2 Å². The van der Waals surface area contributed by atoms with Gasteiger partial charge in [0.2, 0.25) is 0 Å². The van der Waals surface area contributed by atoms with Crippen LogP contribution < -0.4 is 4.74 Å². The lowest BCUT2D eigenvalue weighted by Crippen LogP contribution is -2.18. The maximum absolute atomic E-state index is 12.7. The third-order valence-corrected chi connectivity index (χ3v) is 5.55. The second-order valence-corrected chi connectivity index (χ2v) is 8.05. The Balaban J connectivity index is 2.41. The van der Waals surface area contributed by atoms with E-state index in [4.69, 9.17) is 4.74 Å². The van der Waals surface area contributed by atoms with Crippen LogP contribution in [0.25, 0.3) is 0 Å². The molecule has 2 aromatic rings. The van der Waals surface area contributed by atoms with Crippen LogP contribution in [0.4, 0.5) is 0 Å². The molecule has 0 saturated heterocycles. The third-order valence-electron chi connectivity index (χ3n) is 3.91. The molecule has 128 valence electrons. The molecular formula is C19H22O4S. The van der Waals surface area contributed by atoms with Crippen LogP contribution in [0.3, 0.4) is 0 Å². The topological polar surface area (TPSA) is 60.4 Å². The second kappa shape index (κ2) is 7.18. The van der Waals surface area contributed by atoms with Gasteiger partial charge in [0.1, 0.15) is 11.5 Å². The van der Waals surface area contributed by atoms with Crippen LogP contribution in [-0.2, 0) is 9.84 Å². The lowest BCUT2D eigenvalue weighted by Gasteiger charge is -2.16. The smallest absolute Gasteiger partial charge is 0.185 e. The van der Waals surface area contributed by atoms with Crippen molar-refractivity contribution in [1.82, 2.24) is 0 Å². The van der Waals surface area contributed by atoms with Crippen molar-refractivity contribution in [3.63, 3.8) is 0 Å². The van der Waals surface area contributed by atoms with Crippen molar-refractivity contribution >= 4 is 15.6 Å². The van der Waals surface area contributed by atoms with Crippen LogP contribution in [-0.4, -0.2) is 27.1 Å². The number of hydrogen-bond acceptors (Lipinski definition) is 4. The zero-order chi connectivity index (χ0) is 17.9. The summed E-state index contributed by atoms with van der Waals surface area (Å²) in [5.41, 5.74) is 2.05. The summed E-state index contributed by atoms with van der Waals surface area (Å²) in [5, 5.41) is 0. The molecular weight excluding hydrogens is 324 g/mol. The van der Waals surface area contributed by atoms with Crippen LogP contribution >= 0.6 is 0 Å². The zero-order valence-corrected chi connectivity index (χ0v) is 15.2. The third kappa shape index (κ3) is 3.85. The minimum atomic E-state index is -3.66.